The maximum atomic E-state index is 13.9. The topological polar surface area (TPSA) is 69.7 Å². The quantitative estimate of drug-likeness (QED) is 0.422. The van der Waals surface area contributed by atoms with E-state index in [-0.39, 0.29) is 12.0 Å². The predicted molar refractivity (Wildman–Crippen MR) is 140 cm³/mol. The molecule has 1 saturated carbocycles. The lowest BCUT2D eigenvalue weighted by molar-refractivity contribution is -0.158. The number of hydrogen-bond donors (Lipinski definition) is 1. The molecule has 186 valence electrons. The molecule has 2 aromatic carbocycles. The van der Waals surface area contributed by atoms with Crippen LogP contribution in [-0.4, -0.2) is 30.8 Å². The summed E-state index contributed by atoms with van der Waals surface area (Å²) < 4.78 is 17.4. The maximum Gasteiger partial charge on any atom is 0.337 e. The van der Waals surface area contributed by atoms with Gasteiger partial charge in [-0.3, -0.25) is 4.98 Å². The van der Waals surface area contributed by atoms with Crippen molar-refractivity contribution in [2.75, 3.05) is 19.5 Å². The SMILES string of the molecule is COc1ccc([C@H]2Nc3ccc4ncccc4c3C3=C2C(=O)OC2(CCCCCCC2)C3)cc1OC. The highest BCUT2D eigenvalue weighted by atomic mass is 16.6. The molecule has 0 unspecified atom stereocenters. The minimum Gasteiger partial charge on any atom is -0.493 e. The highest BCUT2D eigenvalue weighted by Crippen LogP contribution is 2.52. The molecule has 1 atom stereocenters. The van der Waals surface area contributed by atoms with Crippen LogP contribution in [0.5, 0.6) is 11.5 Å². The van der Waals surface area contributed by atoms with Crippen molar-refractivity contribution >= 4 is 28.1 Å². The predicted octanol–water partition coefficient (Wildman–Crippen LogP) is 6.60. The highest BCUT2D eigenvalue weighted by Gasteiger charge is 2.46. The Balaban J connectivity index is 1.54. The molecule has 36 heavy (non-hydrogen) atoms. The van der Waals surface area contributed by atoms with E-state index in [2.05, 4.69) is 22.4 Å². The summed E-state index contributed by atoms with van der Waals surface area (Å²) in [6.07, 6.45) is 10.2. The summed E-state index contributed by atoms with van der Waals surface area (Å²) in [4.78, 5) is 18.5. The highest BCUT2D eigenvalue weighted by molar-refractivity contribution is 6.09. The minimum atomic E-state index is -0.433. The molecule has 1 N–H and O–H groups in total. The average Bonchev–Trinajstić information content (AvgIpc) is 2.89. The number of ether oxygens (including phenoxy) is 3. The van der Waals surface area contributed by atoms with Crippen molar-refractivity contribution in [3.8, 4) is 11.5 Å². The van der Waals surface area contributed by atoms with Gasteiger partial charge >= 0.3 is 5.97 Å². The van der Waals surface area contributed by atoms with Crippen LogP contribution in [0.2, 0.25) is 0 Å². The second-order valence-electron chi connectivity index (χ2n) is 10.2. The molecular weight excluding hydrogens is 452 g/mol. The number of hydrogen-bond acceptors (Lipinski definition) is 6. The Hall–Kier alpha value is -3.54. The van der Waals surface area contributed by atoms with E-state index in [1.54, 1.807) is 14.2 Å². The Labute approximate surface area is 211 Å². The summed E-state index contributed by atoms with van der Waals surface area (Å²) >= 11 is 0. The van der Waals surface area contributed by atoms with E-state index in [0.717, 1.165) is 65.4 Å². The van der Waals surface area contributed by atoms with Crippen LogP contribution in [0, 0.1) is 0 Å². The van der Waals surface area contributed by atoms with Gasteiger partial charge in [0.25, 0.3) is 0 Å². The van der Waals surface area contributed by atoms with Crippen LogP contribution < -0.4 is 14.8 Å². The molecule has 1 spiro atoms. The number of methoxy groups -OCH3 is 2. The second-order valence-corrected chi connectivity index (χ2v) is 10.2. The zero-order valence-electron chi connectivity index (χ0n) is 20.9. The number of anilines is 1. The zero-order valence-corrected chi connectivity index (χ0v) is 20.9. The van der Waals surface area contributed by atoms with Crippen molar-refractivity contribution in [3.63, 3.8) is 0 Å². The number of aromatic nitrogens is 1. The van der Waals surface area contributed by atoms with Gasteiger partial charge in [0.2, 0.25) is 0 Å². The van der Waals surface area contributed by atoms with Gasteiger partial charge in [0.05, 0.1) is 31.4 Å². The number of benzene rings is 2. The van der Waals surface area contributed by atoms with Crippen LogP contribution in [0.1, 0.15) is 68.5 Å². The lowest BCUT2D eigenvalue weighted by atomic mass is 9.74. The first-order valence-corrected chi connectivity index (χ1v) is 13.0. The molecular formula is C30H32N2O4. The molecule has 6 nitrogen and oxygen atoms in total. The molecule has 1 fully saturated rings. The van der Waals surface area contributed by atoms with Gasteiger partial charge in [-0.15, -0.1) is 0 Å². The molecule has 1 aromatic heterocycles. The normalized spacial score (nSPS) is 21.1. The van der Waals surface area contributed by atoms with Crippen LogP contribution in [0.15, 0.2) is 54.2 Å². The van der Waals surface area contributed by atoms with Gasteiger partial charge < -0.3 is 19.5 Å². The summed E-state index contributed by atoms with van der Waals surface area (Å²) in [5, 5.41) is 4.72. The van der Waals surface area contributed by atoms with Gasteiger partial charge in [-0.1, -0.05) is 31.4 Å². The molecule has 3 heterocycles. The third-order valence-corrected chi connectivity index (χ3v) is 8.03. The first-order chi connectivity index (χ1) is 17.6. The fourth-order valence-corrected chi connectivity index (χ4v) is 6.28. The minimum absolute atomic E-state index is 0.212. The number of carbonyl (C=O) groups excluding carboxylic acids is 1. The molecule has 0 radical (unpaired) electrons. The Bertz CT molecular complexity index is 1350. The molecule has 6 heteroatoms. The summed E-state index contributed by atoms with van der Waals surface area (Å²) in [7, 11) is 3.25. The number of nitrogens with one attached hydrogen (secondary N) is 1. The fraction of sp³-hybridized carbons (Fsp3) is 0.400. The zero-order chi connectivity index (χ0) is 24.7. The van der Waals surface area contributed by atoms with E-state index in [4.69, 9.17) is 14.2 Å². The molecule has 0 saturated heterocycles. The largest absolute Gasteiger partial charge is 0.493 e. The molecule has 3 aromatic rings. The van der Waals surface area contributed by atoms with E-state index in [0.29, 0.717) is 17.1 Å². The van der Waals surface area contributed by atoms with Gasteiger partial charge in [0.15, 0.2) is 11.5 Å². The van der Waals surface area contributed by atoms with Gasteiger partial charge in [-0.2, -0.15) is 0 Å². The summed E-state index contributed by atoms with van der Waals surface area (Å²) in [5.41, 5.74) is 5.33. The molecule has 3 aliphatic rings. The number of carbonyl (C=O) groups is 1. The first kappa shape index (κ1) is 22.9. The third-order valence-electron chi connectivity index (χ3n) is 8.03. The molecule has 0 amide bonds. The Morgan fingerprint density at radius 2 is 1.75 bits per heavy atom. The number of nitrogens with zero attached hydrogens (tertiary/aromatic N) is 1. The molecule has 1 aliphatic carbocycles. The number of esters is 1. The van der Waals surface area contributed by atoms with E-state index < -0.39 is 5.60 Å². The summed E-state index contributed by atoms with van der Waals surface area (Å²) in [5.74, 6) is 1.08. The van der Waals surface area contributed by atoms with Crippen LogP contribution in [-0.2, 0) is 9.53 Å². The van der Waals surface area contributed by atoms with Crippen molar-refractivity contribution in [1.82, 2.24) is 4.98 Å². The van der Waals surface area contributed by atoms with Crippen molar-refractivity contribution in [2.24, 2.45) is 0 Å². The molecule has 6 rings (SSSR count). The summed E-state index contributed by atoms with van der Waals surface area (Å²) in [6.45, 7) is 0. The fourth-order valence-electron chi connectivity index (χ4n) is 6.28. The van der Waals surface area contributed by atoms with Crippen molar-refractivity contribution in [2.45, 2.75) is 63.0 Å². The average molecular weight is 485 g/mol. The van der Waals surface area contributed by atoms with E-state index in [1.807, 2.05) is 36.5 Å². The lowest BCUT2D eigenvalue weighted by Crippen LogP contribution is -2.43. The van der Waals surface area contributed by atoms with Crippen molar-refractivity contribution < 1.29 is 19.0 Å². The van der Waals surface area contributed by atoms with Gasteiger partial charge in [0, 0.05) is 29.3 Å². The first-order valence-electron chi connectivity index (χ1n) is 13.0. The Kier molecular flexibility index (Phi) is 5.82. The van der Waals surface area contributed by atoms with Crippen LogP contribution in [0.3, 0.4) is 0 Å². The number of rotatable bonds is 3. The van der Waals surface area contributed by atoms with E-state index in [9.17, 15) is 4.79 Å². The number of pyridine rings is 1. The Morgan fingerprint density at radius 1 is 0.972 bits per heavy atom. The van der Waals surface area contributed by atoms with Crippen LogP contribution in [0.4, 0.5) is 5.69 Å². The monoisotopic (exact) mass is 484 g/mol. The standard InChI is InChI=1S/C30H32N2O4/c1-34-24-13-10-19(17-25(24)35-2)28-27-21(18-30(36-29(27)33)14-6-4-3-5-7-15-30)26-20-9-8-16-31-22(20)11-12-23(26)32-28/h8-13,16-17,28,32H,3-7,14-15,18H2,1-2H3/t28-/m1/s1. The van der Waals surface area contributed by atoms with Gasteiger partial charge in [-0.05, 0) is 67.2 Å². The maximum absolute atomic E-state index is 13.9. The van der Waals surface area contributed by atoms with E-state index in [1.165, 1.54) is 19.3 Å². The van der Waals surface area contributed by atoms with Gasteiger partial charge in [-0.25, -0.2) is 4.79 Å². The number of fused-ring (bicyclic) bond motifs is 4. The molecule has 2 aliphatic heterocycles. The van der Waals surface area contributed by atoms with Crippen molar-refractivity contribution in [1.29, 1.82) is 0 Å². The smallest absolute Gasteiger partial charge is 0.337 e. The van der Waals surface area contributed by atoms with E-state index >= 15 is 0 Å². The van der Waals surface area contributed by atoms with Gasteiger partial charge in [0.1, 0.15) is 5.60 Å². The second kappa shape index (κ2) is 9.16. The van der Waals surface area contributed by atoms with Crippen LogP contribution in [0.25, 0.3) is 16.5 Å². The van der Waals surface area contributed by atoms with Crippen LogP contribution >= 0.6 is 0 Å². The molecule has 0 bridgehead atoms. The lowest BCUT2D eigenvalue weighted by Gasteiger charge is -2.44. The Morgan fingerprint density at radius 3 is 2.53 bits per heavy atom. The summed E-state index contributed by atoms with van der Waals surface area (Å²) in [6, 6.07) is 13.7. The third kappa shape index (κ3) is 3.80. The van der Waals surface area contributed by atoms with Crippen molar-refractivity contribution in [3.05, 3.63) is 65.4 Å².